The Morgan fingerprint density at radius 3 is 2.24 bits per heavy atom. The molecule has 0 saturated carbocycles. The molecule has 0 radical (unpaired) electrons. The van der Waals surface area contributed by atoms with Crippen LogP contribution in [-0.2, 0) is 4.79 Å². The summed E-state index contributed by atoms with van der Waals surface area (Å²) in [6.07, 6.45) is 0. The van der Waals surface area contributed by atoms with E-state index in [0.29, 0.717) is 25.2 Å². The number of carboxylic acid groups (broad SMARTS) is 1. The van der Waals surface area contributed by atoms with Gasteiger partial charge < -0.3 is 10.0 Å². The van der Waals surface area contributed by atoms with Crippen LogP contribution in [0.25, 0.3) is 0 Å². The van der Waals surface area contributed by atoms with E-state index in [9.17, 15) is 9.59 Å². The highest BCUT2D eigenvalue weighted by Crippen LogP contribution is 2.11. The third kappa shape index (κ3) is 4.04. The summed E-state index contributed by atoms with van der Waals surface area (Å²) in [4.78, 5) is 27.2. The van der Waals surface area contributed by atoms with Gasteiger partial charge >= 0.3 is 5.97 Å². The van der Waals surface area contributed by atoms with Crippen molar-refractivity contribution < 1.29 is 14.7 Å². The van der Waals surface area contributed by atoms with Crippen LogP contribution in [-0.4, -0.2) is 59.5 Å². The van der Waals surface area contributed by atoms with Gasteiger partial charge in [0, 0.05) is 38.3 Å². The summed E-state index contributed by atoms with van der Waals surface area (Å²) in [5.74, 6) is -1.08. The fraction of sp³-hybridized carbons (Fsp3) is 0.500. The molecule has 0 spiro atoms. The Morgan fingerprint density at radius 2 is 1.71 bits per heavy atom. The maximum atomic E-state index is 12.4. The first kappa shape index (κ1) is 15.5. The highest BCUT2D eigenvalue weighted by molar-refractivity contribution is 5.94. The van der Waals surface area contributed by atoms with Gasteiger partial charge in [0.25, 0.3) is 5.91 Å². The number of hydrogen-bond acceptors (Lipinski definition) is 3. The highest BCUT2D eigenvalue weighted by Gasteiger charge is 2.24. The number of rotatable bonds is 4. The molecule has 5 heteroatoms. The molecule has 1 atom stereocenters. The maximum Gasteiger partial charge on any atom is 0.307 e. The van der Waals surface area contributed by atoms with Crippen LogP contribution in [0.2, 0.25) is 0 Å². The van der Waals surface area contributed by atoms with Crippen molar-refractivity contribution in [2.24, 2.45) is 5.92 Å². The average molecular weight is 290 g/mol. The minimum atomic E-state index is -0.770. The number of carbonyl (C=O) groups is 2. The van der Waals surface area contributed by atoms with Crippen LogP contribution in [0.1, 0.15) is 22.8 Å². The van der Waals surface area contributed by atoms with Gasteiger partial charge in [-0.25, -0.2) is 0 Å². The standard InChI is InChI=1S/C16H22N2O3/c1-12-3-5-14(6-4-12)15(19)18-9-7-17(8-10-18)11-13(2)16(20)21/h3-6,13H,7-11H2,1-2H3,(H,20,21). The van der Waals surface area contributed by atoms with Crippen LogP contribution in [0.5, 0.6) is 0 Å². The monoisotopic (exact) mass is 290 g/mol. The minimum absolute atomic E-state index is 0.0564. The van der Waals surface area contributed by atoms with Gasteiger partial charge in [-0.15, -0.1) is 0 Å². The number of aliphatic carboxylic acids is 1. The second kappa shape index (κ2) is 6.72. The summed E-state index contributed by atoms with van der Waals surface area (Å²) in [5, 5.41) is 8.93. The molecule has 1 aliphatic heterocycles. The molecule has 0 bridgehead atoms. The zero-order valence-electron chi connectivity index (χ0n) is 12.6. The summed E-state index contributed by atoms with van der Waals surface area (Å²) in [7, 11) is 0. The molecule has 1 aromatic carbocycles. The molecule has 114 valence electrons. The Kier molecular flexibility index (Phi) is 4.96. The summed E-state index contributed by atoms with van der Waals surface area (Å²) in [6, 6.07) is 7.60. The van der Waals surface area contributed by atoms with Crippen molar-refractivity contribution in [3.63, 3.8) is 0 Å². The molecule has 2 rings (SSSR count). The third-order valence-corrected chi connectivity index (χ3v) is 3.91. The lowest BCUT2D eigenvalue weighted by Gasteiger charge is -2.35. The highest BCUT2D eigenvalue weighted by atomic mass is 16.4. The molecule has 1 fully saturated rings. The van der Waals surface area contributed by atoms with Crippen molar-refractivity contribution >= 4 is 11.9 Å². The Balaban J connectivity index is 1.87. The van der Waals surface area contributed by atoms with Crippen LogP contribution in [0.15, 0.2) is 24.3 Å². The van der Waals surface area contributed by atoms with Crippen molar-refractivity contribution in [3.8, 4) is 0 Å². The Hall–Kier alpha value is -1.88. The van der Waals surface area contributed by atoms with E-state index in [-0.39, 0.29) is 11.8 Å². The predicted molar refractivity (Wildman–Crippen MR) is 80.3 cm³/mol. The Labute approximate surface area is 125 Å². The van der Waals surface area contributed by atoms with E-state index in [4.69, 9.17) is 5.11 Å². The molecular formula is C16H22N2O3. The molecule has 5 nitrogen and oxygen atoms in total. The van der Waals surface area contributed by atoms with E-state index in [1.165, 1.54) is 0 Å². The van der Waals surface area contributed by atoms with E-state index in [1.807, 2.05) is 36.1 Å². The van der Waals surface area contributed by atoms with Crippen molar-refractivity contribution in [2.75, 3.05) is 32.7 Å². The van der Waals surface area contributed by atoms with E-state index in [1.54, 1.807) is 6.92 Å². The normalized spacial score (nSPS) is 17.5. The SMILES string of the molecule is Cc1ccc(C(=O)N2CCN(CC(C)C(=O)O)CC2)cc1. The molecule has 1 N–H and O–H groups in total. The largest absolute Gasteiger partial charge is 0.481 e. The van der Waals surface area contributed by atoms with Crippen LogP contribution in [0.4, 0.5) is 0 Å². The smallest absolute Gasteiger partial charge is 0.307 e. The molecule has 21 heavy (non-hydrogen) atoms. The first-order valence-electron chi connectivity index (χ1n) is 7.28. The number of aryl methyl sites for hydroxylation is 1. The molecule has 1 aliphatic rings. The van der Waals surface area contributed by atoms with E-state index in [0.717, 1.165) is 18.7 Å². The van der Waals surface area contributed by atoms with Gasteiger partial charge in [-0.2, -0.15) is 0 Å². The molecule has 1 amide bonds. The summed E-state index contributed by atoms with van der Waals surface area (Å²) in [6.45, 7) is 7.02. The predicted octanol–water partition coefficient (Wildman–Crippen LogP) is 1.47. The quantitative estimate of drug-likeness (QED) is 0.912. The number of benzene rings is 1. The lowest BCUT2D eigenvalue weighted by molar-refractivity contribution is -0.141. The Bertz CT molecular complexity index is 505. The second-order valence-electron chi connectivity index (χ2n) is 5.70. The van der Waals surface area contributed by atoms with Gasteiger partial charge in [-0.1, -0.05) is 24.6 Å². The van der Waals surface area contributed by atoms with Gasteiger partial charge in [-0.3, -0.25) is 14.5 Å². The third-order valence-electron chi connectivity index (χ3n) is 3.91. The van der Waals surface area contributed by atoms with Crippen LogP contribution in [0.3, 0.4) is 0 Å². The number of carbonyl (C=O) groups excluding carboxylic acids is 1. The van der Waals surface area contributed by atoms with Crippen LogP contribution >= 0.6 is 0 Å². The fourth-order valence-corrected chi connectivity index (χ4v) is 2.48. The Morgan fingerprint density at radius 1 is 1.14 bits per heavy atom. The van der Waals surface area contributed by atoms with E-state index in [2.05, 4.69) is 4.90 Å². The first-order valence-corrected chi connectivity index (χ1v) is 7.28. The molecule has 1 saturated heterocycles. The average Bonchev–Trinajstić information content (AvgIpc) is 2.48. The van der Waals surface area contributed by atoms with E-state index >= 15 is 0 Å². The number of nitrogens with zero attached hydrogens (tertiary/aromatic N) is 2. The van der Waals surface area contributed by atoms with Crippen molar-refractivity contribution in [2.45, 2.75) is 13.8 Å². The topological polar surface area (TPSA) is 60.9 Å². The summed E-state index contributed by atoms with van der Waals surface area (Å²) < 4.78 is 0. The van der Waals surface area contributed by atoms with Gasteiger partial charge in [0.1, 0.15) is 0 Å². The molecule has 0 aromatic heterocycles. The van der Waals surface area contributed by atoms with Gasteiger partial charge in [0.2, 0.25) is 0 Å². The number of amides is 1. The molecule has 0 aliphatic carbocycles. The lowest BCUT2D eigenvalue weighted by Crippen LogP contribution is -2.50. The van der Waals surface area contributed by atoms with Crippen molar-refractivity contribution in [1.29, 1.82) is 0 Å². The molecule has 1 unspecified atom stereocenters. The number of hydrogen-bond donors (Lipinski definition) is 1. The van der Waals surface area contributed by atoms with Gasteiger partial charge in [0.15, 0.2) is 0 Å². The minimum Gasteiger partial charge on any atom is -0.481 e. The lowest BCUT2D eigenvalue weighted by atomic mass is 10.1. The summed E-state index contributed by atoms with van der Waals surface area (Å²) >= 11 is 0. The van der Waals surface area contributed by atoms with Crippen LogP contribution in [0, 0.1) is 12.8 Å². The fourth-order valence-electron chi connectivity index (χ4n) is 2.48. The van der Waals surface area contributed by atoms with Crippen molar-refractivity contribution in [3.05, 3.63) is 35.4 Å². The molecule has 1 aromatic rings. The maximum absolute atomic E-state index is 12.4. The zero-order valence-corrected chi connectivity index (χ0v) is 12.6. The number of piperazine rings is 1. The van der Waals surface area contributed by atoms with Gasteiger partial charge in [-0.05, 0) is 19.1 Å². The second-order valence-corrected chi connectivity index (χ2v) is 5.70. The zero-order chi connectivity index (χ0) is 15.4. The van der Waals surface area contributed by atoms with Crippen molar-refractivity contribution in [1.82, 2.24) is 9.80 Å². The first-order chi connectivity index (χ1) is 9.97. The molecular weight excluding hydrogens is 268 g/mol. The molecule has 1 heterocycles. The summed E-state index contributed by atoms with van der Waals surface area (Å²) in [5.41, 5.74) is 1.85. The number of carboxylic acids is 1. The van der Waals surface area contributed by atoms with Crippen LogP contribution < -0.4 is 0 Å². The van der Waals surface area contributed by atoms with E-state index < -0.39 is 5.97 Å². The van der Waals surface area contributed by atoms with Gasteiger partial charge in [0.05, 0.1) is 5.92 Å².